The predicted molar refractivity (Wildman–Crippen MR) is 55.1 cm³/mol. The van der Waals surface area contributed by atoms with Crippen LogP contribution in [0.25, 0.3) is 0 Å². The number of nitrogens with zero attached hydrogens (tertiary/aromatic N) is 1. The van der Waals surface area contributed by atoms with Gasteiger partial charge in [-0.05, 0) is 32.4 Å². The lowest BCUT2D eigenvalue weighted by molar-refractivity contribution is -0.141. The van der Waals surface area contributed by atoms with Crippen molar-refractivity contribution in [1.82, 2.24) is 4.90 Å². The second-order valence-electron chi connectivity index (χ2n) is 3.23. The molecule has 0 aromatic heterocycles. The van der Waals surface area contributed by atoms with Crippen LogP contribution in [0.4, 0.5) is 0 Å². The molecular weight excluding hydrogens is 182 g/mol. The molecule has 0 radical (unpaired) electrons. The standard InChI is InChI=1S/C10H21NO3/c1-3-11(9-10(13)14-2)7-5-4-6-8-12/h12H,3-9H2,1-2H3. The van der Waals surface area contributed by atoms with E-state index in [1.807, 2.05) is 11.8 Å². The molecule has 0 aromatic rings. The number of ether oxygens (including phenoxy) is 1. The molecule has 0 spiro atoms. The van der Waals surface area contributed by atoms with Crippen LogP contribution in [0, 0.1) is 0 Å². The molecule has 14 heavy (non-hydrogen) atoms. The predicted octanol–water partition coefficient (Wildman–Crippen LogP) is 0.644. The zero-order chi connectivity index (χ0) is 10.8. The Kier molecular flexibility index (Phi) is 8.57. The van der Waals surface area contributed by atoms with E-state index in [-0.39, 0.29) is 12.6 Å². The van der Waals surface area contributed by atoms with Crippen LogP contribution in [0.5, 0.6) is 0 Å². The number of rotatable bonds is 8. The number of hydrogen-bond acceptors (Lipinski definition) is 4. The lowest BCUT2D eigenvalue weighted by atomic mass is 10.2. The van der Waals surface area contributed by atoms with Crippen molar-refractivity contribution in [3.05, 3.63) is 0 Å². The van der Waals surface area contributed by atoms with E-state index in [1.165, 1.54) is 7.11 Å². The van der Waals surface area contributed by atoms with Crippen LogP contribution in [0.2, 0.25) is 0 Å². The second-order valence-corrected chi connectivity index (χ2v) is 3.23. The number of esters is 1. The number of hydrogen-bond donors (Lipinski definition) is 1. The Morgan fingerprint density at radius 1 is 1.36 bits per heavy atom. The first-order chi connectivity index (χ1) is 6.74. The summed E-state index contributed by atoms with van der Waals surface area (Å²) < 4.78 is 4.59. The lowest BCUT2D eigenvalue weighted by Crippen LogP contribution is -2.31. The number of carbonyl (C=O) groups is 1. The highest BCUT2D eigenvalue weighted by Crippen LogP contribution is 1.98. The summed E-state index contributed by atoms with van der Waals surface area (Å²) in [4.78, 5) is 13.0. The number of aliphatic hydroxyl groups is 1. The molecule has 0 aliphatic carbocycles. The first-order valence-corrected chi connectivity index (χ1v) is 5.14. The van der Waals surface area contributed by atoms with Gasteiger partial charge in [-0.3, -0.25) is 9.69 Å². The van der Waals surface area contributed by atoms with E-state index < -0.39 is 0 Å². The average molecular weight is 203 g/mol. The first kappa shape index (κ1) is 13.4. The highest BCUT2D eigenvalue weighted by Gasteiger charge is 2.07. The van der Waals surface area contributed by atoms with Crippen LogP contribution in [0.1, 0.15) is 26.2 Å². The van der Waals surface area contributed by atoms with E-state index >= 15 is 0 Å². The van der Waals surface area contributed by atoms with Crippen LogP contribution in [-0.4, -0.2) is 49.3 Å². The smallest absolute Gasteiger partial charge is 0.319 e. The normalized spacial score (nSPS) is 10.6. The van der Waals surface area contributed by atoms with Crippen molar-refractivity contribution >= 4 is 5.97 Å². The molecule has 0 aliphatic heterocycles. The molecule has 84 valence electrons. The Labute approximate surface area is 85.9 Å². The van der Waals surface area contributed by atoms with Crippen molar-refractivity contribution in [3.8, 4) is 0 Å². The highest BCUT2D eigenvalue weighted by atomic mass is 16.5. The maximum Gasteiger partial charge on any atom is 0.319 e. The van der Waals surface area contributed by atoms with Gasteiger partial charge >= 0.3 is 5.97 Å². The third-order valence-electron chi connectivity index (χ3n) is 2.16. The molecule has 4 heteroatoms. The van der Waals surface area contributed by atoms with Gasteiger partial charge < -0.3 is 9.84 Å². The van der Waals surface area contributed by atoms with Crippen molar-refractivity contribution < 1.29 is 14.6 Å². The summed E-state index contributed by atoms with van der Waals surface area (Å²) in [6.45, 7) is 4.39. The molecule has 0 saturated heterocycles. The molecule has 0 heterocycles. The van der Waals surface area contributed by atoms with Crippen molar-refractivity contribution in [2.75, 3.05) is 33.4 Å². The van der Waals surface area contributed by atoms with E-state index in [9.17, 15) is 4.79 Å². The van der Waals surface area contributed by atoms with E-state index in [0.717, 1.165) is 32.4 Å². The van der Waals surface area contributed by atoms with E-state index in [2.05, 4.69) is 4.74 Å². The highest BCUT2D eigenvalue weighted by molar-refractivity contribution is 5.71. The fraction of sp³-hybridized carbons (Fsp3) is 0.900. The maximum absolute atomic E-state index is 11.0. The number of aliphatic hydroxyl groups excluding tert-OH is 1. The average Bonchev–Trinajstić information content (AvgIpc) is 2.22. The van der Waals surface area contributed by atoms with Crippen LogP contribution < -0.4 is 0 Å². The topological polar surface area (TPSA) is 49.8 Å². The van der Waals surface area contributed by atoms with Gasteiger partial charge in [0, 0.05) is 6.61 Å². The number of methoxy groups -OCH3 is 1. The Morgan fingerprint density at radius 2 is 2.07 bits per heavy atom. The van der Waals surface area contributed by atoms with Gasteiger partial charge in [0.1, 0.15) is 0 Å². The summed E-state index contributed by atoms with van der Waals surface area (Å²) in [6, 6.07) is 0. The fourth-order valence-corrected chi connectivity index (χ4v) is 1.22. The lowest BCUT2D eigenvalue weighted by Gasteiger charge is -2.18. The molecule has 0 rings (SSSR count). The minimum absolute atomic E-state index is 0.186. The first-order valence-electron chi connectivity index (χ1n) is 5.14. The van der Waals surface area contributed by atoms with E-state index in [0.29, 0.717) is 6.54 Å². The molecule has 0 bridgehead atoms. The van der Waals surface area contributed by atoms with Crippen molar-refractivity contribution in [2.45, 2.75) is 26.2 Å². The molecule has 0 saturated carbocycles. The minimum Gasteiger partial charge on any atom is -0.468 e. The van der Waals surface area contributed by atoms with Gasteiger partial charge in [-0.25, -0.2) is 0 Å². The summed E-state index contributed by atoms with van der Waals surface area (Å²) in [5.41, 5.74) is 0. The number of unbranched alkanes of at least 4 members (excludes halogenated alkanes) is 2. The fourth-order valence-electron chi connectivity index (χ4n) is 1.22. The third-order valence-corrected chi connectivity index (χ3v) is 2.16. The number of carbonyl (C=O) groups excluding carboxylic acids is 1. The molecule has 0 amide bonds. The Hall–Kier alpha value is -0.610. The van der Waals surface area contributed by atoms with Crippen molar-refractivity contribution in [1.29, 1.82) is 0 Å². The van der Waals surface area contributed by atoms with Gasteiger partial charge in [-0.15, -0.1) is 0 Å². The molecule has 0 aromatic carbocycles. The third kappa shape index (κ3) is 6.86. The van der Waals surface area contributed by atoms with Crippen molar-refractivity contribution in [3.63, 3.8) is 0 Å². The van der Waals surface area contributed by atoms with Gasteiger partial charge in [0.2, 0.25) is 0 Å². The second kappa shape index (κ2) is 8.97. The molecule has 0 atom stereocenters. The van der Waals surface area contributed by atoms with Crippen molar-refractivity contribution in [2.24, 2.45) is 0 Å². The van der Waals surface area contributed by atoms with Gasteiger partial charge in [0.05, 0.1) is 13.7 Å². The van der Waals surface area contributed by atoms with E-state index in [4.69, 9.17) is 5.11 Å². The summed E-state index contributed by atoms with van der Waals surface area (Å²) >= 11 is 0. The molecule has 1 N–H and O–H groups in total. The largest absolute Gasteiger partial charge is 0.468 e. The summed E-state index contributed by atoms with van der Waals surface area (Å²) in [5.74, 6) is -0.186. The van der Waals surface area contributed by atoms with Crippen LogP contribution in [-0.2, 0) is 9.53 Å². The van der Waals surface area contributed by atoms with Gasteiger partial charge in [0.25, 0.3) is 0 Å². The van der Waals surface area contributed by atoms with Crippen LogP contribution in [0.3, 0.4) is 0 Å². The molecule has 0 unspecified atom stereocenters. The zero-order valence-electron chi connectivity index (χ0n) is 9.16. The quantitative estimate of drug-likeness (QED) is 0.464. The van der Waals surface area contributed by atoms with Gasteiger partial charge in [-0.2, -0.15) is 0 Å². The Morgan fingerprint density at radius 3 is 2.57 bits per heavy atom. The maximum atomic E-state index is 11.0. The van der Waals surface area contributed by atoms with Crippen LogP contribution >= 0.6 is 0 Å². The minimum atomic E-state index is -0.186. The molecular formula is C10H21NO3. The van der Waals surface area contributed by atoms with Gasteiger partial charge in [-0.1, -0.05) is 6.92 Å². The summed E-state index contributed by atoms with van der Waals surface area (Å²) in [6.07, 6.45) is 2.87. The monoisotopic (exact) mass is 203 g/mol. The van der Waals surface area contributed by atoms with E-state index in [1.54, 1.807) is 0 Å². The summed E-state index contributed by atoms with van der Waals surface area (Å²) in [5, 5.41) is 8.58. The number of likely N-dealkylation sites (N-methyl/N-ethyl adjacent to an activating group) is 1. The Balaban J connectivity index is 3.52. The Bertz CT molecular complexity index is 150. The SMILES string of the molecule is CCN(CCCCCO)CC(=O)OC. The molecule has 0 aliphatic rings. The molecule has 4 nitrogen and oxygen atoms in total. The van der Waals surface area contributed by atoms with Crippen LogP contribution in [0.15, 0.2) is 0 Å². The summed E-state index contributed by atoms with van der Waals surface area (Å²) in [7, 11) is 1.40. The zero-order valence-corrected chi connectivity index (χ0v) is 9.16. The molecule has 0 fully saturated rings. The van der Waals surface area contributed by atoms with Gasteiger partial charge in [0.15, 0.2) is 0 Å².